The second-order valence-corrected chi connectivity index (χ2v) is 7.90. The van der Waals surface area contributed by atoms with E-state index in [0.29, 0.717) is 11.1 Å². The Balaban J connectivity index is 1.75. The van der Waals surface area contributed by atoms with Crippen LogP contribution < -0.4 is 9.61 Å². The minimum Gasteiger partial charge on any atom is -0.456 e. The highest BCUT2D eigenvalue weighted by atomic mass is 32.2. The highest BCUT2D eigenvalue weighted by molar-refractivity contribution is 7.87. The summed E-state index contributed by atoms with van der Waals surface area (Å²) in [7, 11) is -3.99. The van der Waals surface area contributed by atoms with Gasteiger partial charge < -0.3 is 8.60 Å². The summed E-state index contributed by atoms with van der Waals surface area (Å²) in [6.07, 6.45) is 0. The predicted octanol–water partition coefficient (Wildman–Crippen LogP) is 4.54. The van der Waals surface area contributed by atoms with Crippen LogP contribution in [0.3, 0.4) is 0 Å². The third-order valence-corrected chi connectivity index (χ3v) is 5.54. The molecule has 0 aliphatic rings. The minimum atomic E-state index is -3.99. The van der Waals surface area contributed by atoms with Crippen molar-refractivity contribution in [2.75, 3.05) is 0 Å². The van der Waals surface area contributed by atoms with Crippen LogP contribution in [0.2, 0.25) is 0 Å². The zero-order valence-corrected chi connectivity index (χ0v) is 15.8. The van der Waals surface area contributed by atoms with E-state index in [0.717, 1.165) is 11.1 Å². The van der Waals surface area contributed by atoms with Gasteiger partial charge in [-0.1, -0.05) is 48.0 Å². The number of benzene rings is 3. The van der Waals surface area contributed by atoms with E-state index in [1.165, 1.54) is 36.4 Å². The van der Waals surface area contributed by atoms with Gasteiger partial charge in [0.15, 0.2) is 5.43 Å². The molecule has 0 spiro atoms. The van der Waals surface area contributed by atoms with Gasteiger partial charge in [-0.2, -0.15) is 8.42 Å². The Bertz CT molecular complexity index is 1300. The maximum Gasteiger partial charge on any atom is 0.339 e. The molecule has 0 amide bonds. The molecule has 1 heterocycles. The average Bonchev–Trinajstić information content (AvgIpc) is 2.68. The van der Waals surface area contributed by atoms with Gasteiger partial charge in [0.2, 0.25) is 0 Å². The van der Waals surface area contributed by atoms with E-state index in [9.17, 15) is 13.2 Å². The molecule has 0 saturated heterocycles. The quantitative estimate of drug-likeness (QED) is 0.477. The summed E-state index contributed by atoms with van der Waals surface area (Å²) in [6, 6.07) is 21.3. The molecule has 5 nitrogen and oxygen atoms in total. The van der Waals surface area contributed by atoms with E-state index < -0.39 is 10.1 Å². The van der Waals surface area contributed by atoms with Crippen LogP contribution >= 0.6 is 0 Å². The van der Waals surface area contributed by atoms with Crippen molar-refractivity contribution in [1.29, 1.82) is 0 Å². The maximum absolute atomic E-state index is 12.5. The standard InChI is InChI=1S/C22H16O5S/c1-15-7-10-18(11-8-15)28(24,25)27-17-9-12-19-20(23)14-21(26-22(19)13-17)16-5-3-2-4-6-16/h2-14H,1H3. The van der Waals surface area contributed by atoms with E-state index in [4.69, 9.17) is 8.60 Å². The van der Waals surface area contributed by atoms with Gasteiger partial charge in [-0.05, 0) is 31.2 Å². The molecule has 3 aromatic carbocycles. The summed E-state index contributed by atoms with van der Waals surface area (Å²) in [5.41, 5.74) is 1.73. The highest BCUT2D eigenvalue weighted by Gasteiger charge is 2.17. The Labute approximate surface area is 162 Å². The van der Waals surface area contributed by atoms with Gasteiger partial charge in [-0.3, -0.25) is 4.79 Å². The molecule has 4 rings (SSSR count). The molecule has 0 N–H and O–H groups in total. The average molecular weight is 392 g/mol. The maximum atomic E-state index is 12.5. The lowest BCUT2D eigenvalue weighted by Crippen LogP contribution is -2.10. The van der Waals surface area contributed by atoms with Crippen LogP contribution in [-0.2, 0) is 10.1 Å². The lowest BCUT2D eigenvalue weighted by Gasteiger charge is -2.08. The Morgan fingerprint density at radius 1 is 0.857 bits per heavy atom. The van der Waals surface area contributed by atoms with Crippen molar-refractivity contribution in [3.05, 3.63) is 94.6 Å². The van der Waals surface area contributed by atoms with Crippen molar-refractivity contribution in [2.45, 2.75) is 11.8 Å². The van der Waals surface area contributed by atoms with Gasteiger partial charge in [0, 0.05) is 17.7 Å². The van der Waals surface area contributed by atoms with Crippen LogP contribution in [-0.4, -0.2) is 8.42 Å². The molecule has 0 radical (unpaired) electrons. The summed E-state index contributed by atoms with van der Waals surface area (Å²) in [6.45, 7) is 1.87. The Morgan fingerprint density at radius 3 is 2.29 bits per heavy atom. The van der Waals surface area contributed by atoms with Crippen molar-refractivity contribution in [1.82, 2.24) is 0 Å². The van der Waals surface area contributed by atoms with Crippen LogP contribution in [0.15, 0.2) is 93.0 Å². The van der Waals surface area contributed by atoms with Crippen LogP contribution in [0.5, 0.6) is 5.75 Å². The summed E-state index contributed by atoms with van der Waals surface area (Å²) in [5, 5.41) is 0.347. The fourth-order valence-electron chi connectivity index (χ4n) is 2.81. The van der Waals surface area contributed by atoms with Crippen molar-refractivity contribution >= 4 is 21.1 Å². The summed E-state index contributed by atoms with van der Waals surface area (Å²) in [5.74, 6) is 0.470. The topological polar surface area (TPSA) is 73.6 Å². The first-order chi connectivity index (χ1) is 13.4. The monoisotopic (exact) mass is 392 g/mol. The van der Waals surface area contributed by atoms with Crippen molar-refractivity contribution in [3.8, 4) is 17.1 Å². The Morgan fingerprint density at radius 2 is 1.57 bits per heavy atom. The zero-order chi connectivity index (χ0) is 19.7. The second-order valence-electron chi connectivity index (χ2n) is 6.35. The van der Waals surface area contributed by atoms with Gasteiger partial charge >= 0.3 is 10.1 Å². The van der Waals surface area contributed by atoms with Gasteiger partial charge in [0.25, 0.3) is 0 Å². The molecule has 1 aromatic heterocycles. The van der Waals surface area contributed by atoms with Crippen molar-refractivity contribution < 1.29 is 17.0 Å². The summed E-state index contributed by atoms with van der Waals surface area (Å²) < 4.78 is 36.0. The molecule has 0 aliphatic carbocycles. The molecule has 0 aliphatic heterocycles. The van der Waals surface area contributed by atoms with Crippen LogP contribution in [0.25, 0.3) is 22.3 Å². The molecule has 0 atom stereocenters. The fourth-order valence-corrected chi connectivity index (χ4v) is 3.73. The Hall–Kier alpha value is -3.38. The van der Waals surface area contributed by atoms with Gasteiger partial charge in [-0.15, -0.1) is 0 Å². The smallest absolute Gasteiger partial charge is 0.339 e. The van der Waals surface area contributed by atoms with Crippen LogP contribution in [0.1, 0.15) is 5.56 Å². The molecule has 4 aromatic rings. The normalized spacial score (nSPS) is 11.5. The number of hydrogen-bond donors (Lipinski definition) is 0. The molecular formula is C22H16O5S. The SMILES string of the molecule is Cc1ccc(S(=O)(=O)Oc2ccc3c(=O)cc(-c4ccccc4)oc3c2)cc1. The molecule has 0 saturated carbocycles. The lowest BCUT2D eigenvalue weighted by atomic mass is 10.1. The number of aryl methyl sites for hydroxylation is 1. The van der Waals surface area contributed by atoms with Gasteiger partial charge in [0.05, 0.1) is 5.39 Å². The van der Waals surface area contributed by atoms with E-state index in [2.05, 4.69) is 0 Å². The van der Waals surface area contributed by atoms with Crippen molar-refractivity contribution in [3.63, 3.8) is 0 Å². The first-order valence-corrected chi connectivity index (χ1v) is 9.98. The molecular weight excluding hydrogens is 376 g/mol. The predicted molar refractivity (Wildman–Crippen MR) is 107 cm³/mol. The summed E-state index contributed by atoms with van der Waals surface area (Å²) in [4.78, 5) is 12.5. The van der Waals surface area contributed by atoms with Gasteiger partial charge in [0.1, 0.15) is 22.0 Å². The fraction of sp³-hybridized carbons (Fsp3) is 0.0455. The molecule has 0 fully saturated rings. The molecule has 140 valence electrons. The third-order valence-electron chi connectivity index (χ3n) is 4.27. The third kappa shape index (κ3) is 3.54. The van der Waals surface area contributed by atoms with E-state index in [1.54, 1.807) is 12.1 Å². The molecule has 28 heavy (non-hydrogen) atoms. The van der Waals surface area contributed by atoms with Crippen LogP contribution in [0.4, 0.5) is 0 Å². The second kappa shape index (κ2) is 6.98. The van der Waals surface area contributed by atoms with Gasteiger partial charge in [-0.25, -0.2) is 0 Å². The summed E-state index contributed by atoms with van der Waals surface area (Å²) >= 11 is 0. The molecule has 0 bridgehead atoms. The highest BCUT2D eigenvalue weighted by Crippen LogP contribution is 2.26. The largest absolute Gasteiger partial charge is 0.456 e. The number of fused-ring (bicyclic) bond motifs is 1. The van der Waals surface area contributed by atoms with E-state index in [-0.39, 0.29) is 21.7 Å². The zero-order valence-electron chi connectivity index (χ0n) is 15.0. The first-order valence-electron chi connectivity index (χ1n) is 8.57. The van der Waals surface area contributed by atoms with Crippen LogP contribution in [0, 0.1) is 6.92 Å². The number of rotatable bonds is 4. The Kier molecular flexibility index (Phi) is 4.49. The van der Waals surface area contributed by atoms with E-state index in [1.807, 2.05) is 37.3 Å². The molecule has 6 heteroatoms. The number of hydrogen-bond acceptors (Lipinski definition) is 5. The lowest BCUT2D eigenvalue weighted by molar-refractivity contribution is 0.485. The van der Waals surface area contributed by atoms with Crippen molar-refractivity contribution in [2.24, 2.45) is 0 Å². The molecule has 0 unspecified atom stereocenters. The minimum absolute atomic E-state index is 0.0534. The first kappa shape index (κ1) is 18.0. The van der Waals surface area contributed by atoms with E-state index >= 15 is 0 Å².